The van der Waals surface area contributed by atoms with Crippen LogP contribution in [0.1, 0.15) is 25.7 Å². The largest absolute Gasteiger partial charge is 0.481 e. The van der Waals surface area contributed by atoms with Crippen molar-refractivity contribution in [2.24, 2.45) is 5.92 Å². The summed E-state index contributed by atoms with van der Waals surface area (Å²) in [5.74, 6) is 1.59. The average Bonchev–Trinajstić information content (AvgIpc) is 2.74. The van der Waals surface area contributed by atoms with Gasteiger partial charge in [-0.3, -0.25) is 9.69 Å². The molecule has 1 atom stereocenters. The predicted octanol–water partition coefficient (Wildman–Crippen LogP) is 0.929. The average molecular weight is 377 g/mol. The van der Waals surface area contributed by atoms with Crippen LogP contribution in [0.4, 0.5) is 5.95 Å². The summed E-state index contributed by atoms with van der Waals surface area (Å²) in [5, 5.41) is 2.99. The van der Waals surface area contributed by atoms with E-state index in [9.17, 15) is 4.79 Å². The van der Waals surface area contributed by atoms with Crippen LogP contribution in [0.25, 0.3) is 0 Å². The molecule has 0 radical (unpaired) electrons. The zero-order chi connectivity index (χ0) is 19.1. The zero-order valence-electron chi connectivity index (χ0n) is 16.4. The Balaban J connectivity index is 1.49. The lowest BCUT2D eigenvalue weighted by Crippen LogP contribution is -2.51. The normalized spacial score (nSPS) is 21.9. The highest BCUT2D eigenvalue weighted by molar-refractivity contribution is 5.78. The van der Waals surface area contributed by atoms with Crippen LogP contribution in [0.3, 0.4) is 0 Å². The molecule has 0 aromatic carbocycles. The summed E-state index contributed by atoms with van der Waals surface area (Å²) in [5.41, 5.74) is 0. The number of likely N-dealkylation sites (tertiary alicyclic amines) is 1. The van der Waals surface area contributed by atoms with Gasteiger partial charge in [-0.2, -0.15) is 4.98 Å². The van der Waals surface area contributed by atoms with E-state index in [1.807, 2.05) is 0 Å². The molecule has 1 amide bonds. The van der Waals surface area contributed by atoms with Gasteiger partial charge in [0.05, 0.1) is 19.6 Å². The first kappa shape index (κ1) is 19.8. The lowest BCUT2D eigenvalue weighted by molar-refractivity contribution is -0.127. The number of ether oxygens (including phenoxy) is 2. The Bertz CT molecular complexity index is 607. The number of nitrogens with zero attached hydrogens (tertiary/aromatic N) is 4. The predicted molar refractivity (Wildman–Crippen MR) is 103 cm³/mol. The molecule has 0 spiro atoms. The zero-order valence-corrected chi connectivity index (χ0v) is 16.4. The molecule has 2 aliphatic heterocycles. The number of nitrogens with one attached hydrogen (secondary N) is 1. The van der Waals surface area contributed by atoms with E-state index in [2.05, 4.69) is 25.1 Å². The minimum Gasteiger partial charge on any atom is -0.481 e. The highest BCUT2D eigenvalue weighted by atomic mass is 16.5. The molecule has 150 valence electrons. The van der Waals surface area contributed by atoms with Gasteiger partial charge in [-0.25, -0.2) is 4.98 Å². The van der Waals surface area contributed by atoms with Crippen molar-refractivity contribution < 1.29 is 14.3 Å². The van der Waals surface area contributed by atoms with Gasteiger partial charge in [-0.1, -0.05) is 0 Å². The first-order chi connectivity index (χ1) is 13.2. The quantitative estimate of drug-likeness (QED) is 0.708. The number of hydrogen-bond acceptors (Lipinski definition) is 7. The Kier molecular flexibility index (Phi) is 7.23. The third kappa shape index (κ3) is 5.29. The van der Waals surface area contributed by atoms with Crippen LogP contribution < -0.4 is 15.0 Å². The number of piperidine rings is 2. The van der Waals surface area contributed by atoms with Crippen LogP contribution in [0.15, 0.2) is 12.3 Å². The molecule has 2 fully saturated rings. The van der Waals surface area contributed by atoms with Gasteiger partial charge < -0.3 is 19.7 Å². The summed E-state index contributed by atoms with van der Waals surface area (Å²) >= 11 is 0. The van der Waals surface area contributed by atoms with E-state index in [4.69, 9.17) is 9.47 Å². The van der Waals surface area contributed by atoms with Crippen molar-refractivity contribution in [1.29, 1.82) is 0 Å². The van der Waals surface area contributed by atoms with E-state index in [-0.39, 0.29) is 11.8 Å². The third-order valence-electron chi connectivity index (χ3n) is 5.52. The minimum absolute atomic E-state index is 0.0929. The lowest BCUT2D eigenvalue weighted by atomic mass is 9.93. The monoisotopic (exact) mass is 377 g/mol. The number of amides is 1. The first-order valence-corrected chi connectivity index (χ1v) is 9.84. The molecule has 0 aliphatic carbocycles. The van der Waals surface area contributed by atoms with E-state index in [0.717, 1.165) is 57.8 Å². The van der Waals surface area contributed by atoms with Gasteiger partial charge in [0, 0.05) is 51.6 Å². The molecular formula is C19H31N5O3. The molecule has 0 bridgehead atoms. The van der Waals surface area contributed by atoms with Crippen LogP contribution in [0.2, 0.25) is 0 Å². The molecule has 0 saturated carbocycles. The molecule has 27 heavy (non-hydrogen) atoms. The van der Waals surface area contributed by atoms with E-state index >= 15 is 0 Å². The molecule has 2 saturated heterocycles. The van der Waals surface area contributed by atoms with Crippen LogP contribution in [-0.2, 0) is 9.53 Å². The Morgan fingerprint density at radius 1 is 1.26 bits per heavy atom. The topological polar surface area (TPSA) is 79.8 Å². The maximum absolute atomic E-state index is 12.4. The molecule has 8 heteroatoms. The van der Waals surface area contributed by atoms with Crippen molar-refractivity contribution in [3.05, 3.63) is 12.3 Å². The Hall–Kier alpha value is -1.93. The molecule has 0 unspecified atom stereocenters. The maximum Gasteiger partial charge on any atom is 0.228 e. The van der Waals surface area contributed by atoms with E-state index in [0.29, 0.717) is 25.1 Å². The fourth-order valence-corrected chi connectivity index (χ4v) is 4.00. The molecule has 1 aromatic heterocycles. The fourth-order valence-electron chi connectivity index (χ4n) is 4.00. The molecule has 8 nitrogen and oxygen atoms in total. The second-order valence-corrected chi connectivity index (χ2v) is 7.24. The highest BCUT2D eigenvalue weighted by Gasteiger charge is 2.32. The minimum atomic E-state index is 0.0929. The van der Waals surface area contributed by atoms with Gasteiger partial charge in [0.25, 0.3) is 0 Å². The van der Waals surface area contributed by atoms with Gasteiger partial charge in [0.15, 0.2) is 0 Å². The van der Waals surface area contributed by atoms with Gasteiger partial charge in [-0.15, -0.1) is 0 Å². The van der Waals surface area contributed by atoms with Gasteiger partial charge in [0.1, 0.15) is 0 Å². The van der Waals surface area contributed by atoms with Crippen molar-refractivity contribution in [2.75, 3.05) is 58.5 Å². The number of hydrogen-bond donors (Lipinski definition) is 1. The van der Waals surface area contributed by atoms with Crippen molar-refractivity contribution in [2.45, 2.75) is 31.7 Å². The summed E-state index contributed by atoms with van der Waals surface area (Å²) in [7, 11) is 3.27. The first-order valence-electron chi connectivity index (χ1n) is 9.84. The van der Waals surface area contributed by atoms with Crippen molar-refractivity contribution >= 4 is 11.9 Å². The third-order valence-corrected chi connectivity index (χ3v) is 5.52. The maximum atomic E-state index is 12.4. The number of rotatable bonds is 7. The molecular weight excluding hydrogens is 346 g/mol. The summed E-state index contributed by atoms with van der Waals surface area (Å²) in [6.07, 6.45) is 5.94. The number of methoxy groups -OCH3 is 2. The van der Waals surface area contributed by atoms with Crippen molar-refractivity contribution in [1.82, 2.24) is 20.2 Å². The summed E-state index contributed by atoms with van der Waals surface area (Å²) < 4.78 is 10.2. The highest BCUT2D eigenvalue weighted by Crippen LogP contribution is 2.25. The van der Waals surface area contributed by atoms with Gasteiger partial charge in [-0.05, 0) is 32.2 Å². The molecule has 1 N–H and O–H groups in total. The van der Waals surface area contributed by atoms with E-state index < -0.39 is 0 Å². The number of carbonyl (C=O) groups excluding carboxylic acids is 1. The number of carbonyl (C=O) groups is 1. The number of aromatic nitrogens is 2. The van der Waals surface area contributed by atoms with Crippen LogP contribution >= 0.6 is 0 Å². The van der Waals surface area contributed by atoms with Crippen LogP contribution in [-0.4, -0.2) is 80.4 Å². The molecule has 1 aromatic rings. The standard InChI is InChI=1S/C19H31N5O3/c1-26-13-9-20-18(25)15-4-3-10-24(14-15)16-6-11-23(12-7-16)19-21-8-5-17(22-19)27-2/h5,8,15-16H,3-4,6-7,9-14H2,1-2H3,(H,20,25)/t15-/m0/s1. The summed E-state index contributed by atoms with van der Waals surface area (Å²) in [4.78, 5) is 25.9. The summed E-state index contributed by atoms with van der Waals surface area (Å²) in [6.45, 7) is 4.96. The SMILES string of the molecule is COCCNC(=O)[C@H]1CCCN(C2CCN(c3nccc(OC)n3)CC2)C1. The lowest BCUT2D eigenvalue weighted by Gasteiger charge is -2.42. The molecule has 3 heterocycles. The van der Waals surface area contributed by atoms with Gasteiger partial charge in [0.2, 0.25) is 17.7 Å². The number of anilines is 1. The fraction of sp³-hybridized carbons (Fsp3) is 0.737. The molecule has 2 aliphatic rings. The Morgan fingerprint density at radius 3 is 2.81 bits per heavy atom. The second kappa shape index (κ2) is 9.85. The van der Waals surface area contributed by atoms with Crippen molar-refractivity contribution in [3.63, 3.8) is 0 Å². The van der Waals surface area contributed by atoms with Crippen LogP contribution in [0, 0.1) is 5.92 Å². The van der Waals surface area contributed by atoms with Crippen LogP contribution in [0.5, 0.6) is 5.88 Å². The van der Waals surface area contributed by atoms with E-state index in [1.165, 1.54) is 0 Å². The van der Waals surface area contributed by atoms with E-state index in [1.54, 1.807) is 26.5 Å². The second-order valence-electron chi connectivity index (χ2n) is 7.24. The summed E-state index contributed by atoms with van der Waals surface area (Å²) in [6, 6.07) is 2.29. The Labute approximate surface area is 161 Å². The Morgan fingerprint density at radius 2 is 2.07 bits per heavy atom. The van der Waals surface area contributed by atoms with Crippen molar-refractivity contribution in [3.8, 4) is 5.88 Å². The molecule has 3 rings (SSSR count). The van der Waals surface area contributed by atoms with Gasteiger partial charge >= 0.3 is 0 Å². The smallest absolute Gasteiger partial charge is 0.228 e.